The molecule has 0 saturated heterocycles. The van der Waals surface area contributed by atoms with Crippen molar-refractivity contribution in [1.29, 1.82) is 0 Å². The first kappa shape index (κ1) is 12.8. The number of rotatable bonds is 2. The first-order valence-corrected chi connectivity index (χ1v) is 6.63. The van der Waals surface area contributed by atoms with Crippen LogP contribution in [0.1, 0.15) is 25.3 Å². The molecule has 0 aromatic heterocycles. The first-order chi connectivity index (χ1) is 6.22. The van der Waals surface area contributed by atoms with Crippen LogP contribution in [0.5, 0.6) is 5.75 Å². The SMILES string of the molecule is CCC[CH2][Sn].Cc1ccccc1O. The maximum atomic E-state index is 8.92. The van der Waals surface area contributed by atoms with Crippen LogP contribution in [0.25, 0.3) is 0 Å². The number of phenolic OH excluding ortho intramolecular Hbond substituents is 1. The van der Waals surface area contributed by atoms with Crippen molar-refractivity contribution in [2.24, 2.45) is 0 Å². The smallest absolute Gasteiger partial charge is 0.118 e. The molecule has 71 valence electrons. The predicted octanol–water partition coefficient (Wildman–Crippen LogP) is 3.07. The zero-order valence-electron chi connectivity index (χ0n) is 8.38. The minimum absolute atomic E-state index is 0.368. The van der Waals surface area contributed by atoms with E-state index in [1.165, 1.54) is 17.3 Å². The van der Waals surface area contributed by atoms with Gasteiger partial charge in [-0.05, 0) is 18.6 Å². The van der Waals surface area contributed by atoms with Crippen molar-refractivity contribution in [3.05, 3.63) is 29.8 Å². The molecule has 1 aromatic carbocycles. The monoisotopic (exact) mass is 285 g/mol. The fourth-order valence-corrected chi connectivity index (χ4v) is 1.75. The van der Waals surface area contributed by atoms with E-state index in [-0.39, 0.29) is 0 Å². The maximum absolute atomic E-state index is 8.92. The summed E-state index contributed by atoms with van der Waals surface area (Å²) in [5.41, 5.74) is 0.924. The van der Waals surface area contributed by atoms with E-state index in [0.717, 1.165) is 5.56 Å². The molecule has 0 fully saturated rings. The second-order valence-corrected chi connectivity index (χ2v) is 4.32. The van der Waals surface area contributed by atoms with Gasteiger partial charge in [0.25, 0.3) is 0 Å². The van der Waals surface area contributed by atoms with Gasteiger partial charge in [-0.3, -0.25) is 0 Å². The van der Waals surface area contributed by atoms with Crippen LogP contribution < -0.4 is 0 Å². The van der Waals surface area contributed by atoms with E-state index in [4.69, 9.17) is 5.11 Å². The summed E-state index contributed by atoms with van der Waals surface area (Å²) in [6.45, 7) is 4.10. The Labute approximate surface area is 94.3 Å². The summed E-state index contributed by atoms with van der Waals surface area (Å²) in [4.78, 5) is 0. The van der Waals surface area contributed by atoms with Gasteiger partial charge < -0.3 is 5.11 Å². The molecule has 1 N–H and O–H groups in total. The van der Waals surface area contributed by atoms with Crippen LogP contribution in [0.3, 0.4) is 0 Å². The van der Waals surface area contributed by atoms with Crippen LogP contribution in [0.4, 0.5) is 0 Å². The molecule has 0 heterocycles. The quantitative estimate of drug-likeness (QED) is 0.827. The Balaban J connectivity index is 0.000000252. The van der Waals surface area contributed by atoms with Crippen molar-refractivity contribution < 1.29 is 5.11 Å². The third kappa shape index (κ3) is 6.93. The van der Waals surface area contributed by atoms with Gasteiger partial charge in [-0.1, -0.05) is 18.2 Å². The van der Waals surface area contributed by atoms with Crippen LogP contribution in [-0.2, 0) is 0 Å². The normalized spacial score (nSPS) is 8.85. The molecule has 0 saturated carbocycles. The molecule has 0 aliphatic heterocycles. The van der Waals surface area contributed by atoms with Crippen molar-refractivity contribution in [3.63, 3.8) is 0 Å². The molecular formula is C11H17OSn. The first-order valence-electron chi connectivity index (χ1n) is 4.61. The Bertz CT molecular complexity index is 200. The van der Waals surface area contributed by atoms with Crippen LogP contribution in [-0.4, -0.2) is 27.6 Å². The van der Waals surface area contributed by atoms with E-state index in [2.05, 4.69) is 6.92 Å². The van der Waals surface area contributed by atoms with E-state index in [0.29, 0.717) is 5.75 Å². The van der Waals surface area contributed by atoms with Crippen molar-refractivity contribution in [2.45, 2.75) is 31.1 Å². The number of aromatic hydroxyl groups is 1. The van der Waals surface area contributed by atoms with Crippen LogP contribution in [0.2, 0.25) is 4.44 Å². The zero-order valence-corrected chi connectivity index (χ0v) is 11.2. The van der Waals surface area contributed by atoms with Gasteiger partial charge in [-0.15, -0.1) is 0 Å². The maximum Gasteiger partial charge on any atom is 0.118 e. The van der Waals surface area contributed by atoms with Gasteiger partial charge >= 0.3 is 46.7 Å². The summed E-state index contributed by atoms with van der Waals surface area (Å²) in [6, 6.07) is 7.25. The summed E-state index contributed by atoms with van der Waals surface area (Å²) in [6.07, 6.45) is 2.80. The van der Waals surface area contributed by atoms with Gasteiger partial charge in [0.05, 0.1) is 0 Å². The average molecular weight is 284 g/mol. The van der Waals surface area contributed by atoms with E-state index in [1.807, 2.05) is 25.1 Å². The third-order valence-corrected chi connectivity index (χ3v) is 2.65. The molecule has 0 aliphatic carbocycles. The second-order valence-electron chi connectivity index (χ2n) is 2.89. The van der Waals surface area contributed by atoms with E-state index >= 15 is 0 Å². The topological polar surface area (TPSA) is 20.2 Å². The molecule has 0 aliphatic rings. The zero-order chi connectivity index (χ0) is 10.1. The number of unbranched alkanes of at least 4 members (excludes halogenated alkanes) is 1. The van der Waals surface area contributed by atoms with E-state index in [9.17, 15) is 0 Å². The summed E-state index contributed by atoms with van der Waals surface area (Å²) >= 11 is 1.68. The summed E-state index contributed by atoms with van der Waals surface area (Å²) in [5, 5.41) is 8.92. The molecule has 1 rings (SSSR count). The van der Waals surface area contributed by atoms with Crippen molar-refractivity contribution in [2.75, 3.05) is 0 Å². The fourth-order valence-electron chi connectivity index (χ4n) is 0.740. The molecular weight excluding hydrogens is 267 g/mol. The molecule has 0 atom stereocenters. The van der Waals surface area contributed by atoms with E-state index < -0.39 is 0 Å². The summed E-state index contributed by atoms with van der Waals surface area (Å²) in [5.74, 6) is 0.368. The van der Waals surface area contributed by atoms with Crippen LogP contribution in [0, 0.1) is 6.92 Å². The molecule has 0 unspecified atom stereocenters. The molecule has 2 heteroatoms. The van der Waals surface area contributed by atoms with Gasteiger partial charge in [0.15, 0.2) is 0 Å². The van der Waals surface area contributed by atoms with Crippen molar-refractivity contribution in [3.8, 4) is 5.75 Å². The molecule has 1 aromatic rings. The molecule has 0 amide bonds. The number of benzene rings is 1. The summed E-state index contributed by atoms with van der Waals surface area (Å²) in [7, 11) is 0. The van der Waals surface area contributed by atoms with Crippen LogP contribution >= 0.6 is 0 Å². The summed E-state index contributed by atoms with van der Waals surface area (Å²) < 4.78 is 1.43. The molecule has 3 radical (unpaired) electrons. The minimum atomic E-state index is 0.368. The predicted molar refractivity (Wildman–Crippen MR) is 58.3 cm³/mol. The van der Waals surface area contributed by atoms with Gasteiger partial charge in [-0.2, -0.15) is 0 Å². The molecule has 0 spiro atoms. The Morgan fingerprint density at radius 3 is 2.15 bits per heavy atom. The van der Waals surface area contributed by atoms with Gasteiger partial charge in [0, 0.05) is 0 Å². The molecule has 13 heavy (non-hydrogen) atoms. The van der Waals surface area contributed by atoms with Gasteiger partial charge in [0.1, 0.15) is 5.75 Å². The van der Waals surface area contributed by atoms with Crippen molar-refractivity contribution >= 4 is 22.5 Å². The Hall–Kier alpha value is -0.181. The van der Waals surface area contributed by atoms with Gasteiger partial charge in [-0.25, -0.2) is 0 Å². The number of para-hydroxylation sites is 1. The third-order valence-electron chi connectivity index (χ3n) is 1.65. The number of aryl methyl sites for hydroxylation is 1. The number of phenols is 1. The Morgan fingerprint density at radius 1 is 1.31 bits per heavy atom. The van der Waals surface area contributed by atoms with Crippen molar-refractivity contribution in [1.82, 2.24) is 0 Å². The Kier molecular flexibility index (Phi) is 8.30. The largest absolute Gasteiger partial charge is 0.508 e. The standard InChI is InChI=1S/C7H8O.C4H9.Sn/c1-6-4-2-3-5-7(6)8;1-3-4-2;/h2-5,8H,1H3;1,3-4H2,2H3;. The number of hydrogen-bond acceptors (Lipinski definition) is 1. The minimum Gasteiger partial charge on any atom is -0.508 e. The molecule has 1 nitrogen and oxygen atoms in total. The second kappa shape index (κ2) is 8.42. The fraction of sp³-hybridized carbons (Fsp3) is 0.455. The van der Waals surface area contributed by atoms with E-state index in [1.54, 1.807) is 28.6 Å². The Morgan fingerprint density at radius 2 is 1.92 bits per heavy atom. The van der Waals surface area contributed by atoms with Gasteiger partial charge in [0.2, 0.25) is 0 Å². The van der Waals surface area contributed by atoms with Crippen LogP contribution in [0.15, 0.2) is 24.3 Å². The number of hydrogen-bond donors (Lipinski definition) is 1. The average Bonchev–Trinajstić information content (AvgIpc) is 2.13. The molecule has 0 bridgehead atoms.